The molecule has 7 heteroatoms. The molecular weight excluding hydrogens is 240 g/mol. The average molecular weight is 258 g/mol. The second-order valence-electron chi connectivity index (χ2n) is 3.79. The van der Waals surface area contributed by atoms with Crippen molar-refractivity contribution in [3.8, 4) is 0 Å². The van der Waals surface area contributed by atoms with Crippen molar-refractivity contribution in [2.45, 2.75) is 18.2 Å². The minimum atomic E-state index is -3.57. The van der Waals surface area contributed by atoms with Crippen molar-refractivity contribution in [3.05, 3.63) is 18.5 Å². The Bertz CT molecular complexity index is 459. The number of hydrazine groups is 1. The molecule has 0 radical (unpaired) electrons. The predicted octanol–water partition coefficient (Wildman–Crippen LogP) is 0.658. The maximum Gasteiger partial charge on any atom is 0.257 e. The molecule has 0 saturated carbocycles. The number of anilines is 1. The molecule has 0 unspecified atom stereocenters. The topological polar surface area (TPSA) is 74.3 Å². The lowest BCUT2D eigenvalue weighted by molar-refractivity contribution is 0.364. The third-order valence-corrected chi connectivity index (χ3v) is 3.45. The van der Waals surface area contributed by atoms with Crippen LogP contribution in [0.25, 0.3) is 0 Å². The van der Waals surface area contributed by atoms with Gasteiger partial charge in [-0.1, -0.05) is 6.92 Å². The first kappa shape index (κ1) is 13.9. The summed E-state index contributed by atoms with van der Waals surface area (Å²) in [6.07, 6.45) is 3.82. The molecule has 0 aliphatic heterocycles. The molecule has 0 atom stereocenters. The highest BCUT2D eigenvalue weighted by atomic mass is 32.2. The van der Waals surface area contributed by atoms with Gasteiger partial charge in [-0.25, -0.2) is 13.4 Å². The van der Waals surface area contributed by atoms with E-state index < -0.39 is 10.0 Å². The highest BCUT2D eigenvalue weighted by molar-refractivity contribution is 7.89. The number of nitrogens with one attached hydrogen (secondary N) is 2. The number of sulfonamides is 1. The van der Waals surface area contributed by atoms with Crippen LogP contribution in [0.4, 0.5) is 5.69 Å². The Kier molecular flexibility index (Phi) is 4.86. The molecule has 96 valence electrons. The van der Waals surface area contributed by atoms with Gasteiger partial charge in [0.15, 0.2) is 0 Å². The molecule has 0 amide bonds. The summed E-state index contributed by atoms with van der Waals surface area (Å²) < 4.78 is 24.0. The Balaban J connectivity index is 3.04. The van der Waals surface area contributed by atoms with Crippen LogP contribution in [-0.4, -0.2) is 39.1 Å². The summed E-state index contributed by atoms with van der Waals surface area (Å²) >= 11 is 0. The summed E-state index contributed by atoms with van der Waals surface area (Å²) in [7, 11) is -0.333. The van der Waals surface area contributed by atoms with Crippen LogP contribution in [0, 0.1) is 0 Å². The lowest BCUT2D eigenvalue weighted by Gasteiger charge is -2.15. The Labute approximate surface area is 102 Å². The molecule has 6 nitrogen and oxygen atoms in total. The zero-order chi connectivity index (χ0) is 12.9. The number of rotatable bonds is 6. The normalized spacial score (nSPS) is 11.8. The minimum Gasteiger partial charge on any atom is -0.384 e. The molecule has 0 spiro atoms. The second kappa shape index (κ2) is 5.95. The van der Waals surface area contributed by atoms with Crippen LogP contribution < -0.4 is 10.1 Å². The molecule has 0 fully saturated rings. The van der Waals surface area contributed by atoms with Gasteiger partial charge in [0.05, 0.1) is 5.69 Å². The van der Waals surface area contributed by atoms with Crippen LogP contribution >= 0.6 is 0 Å². The molecule has 0 aliphatic rings. The average Bonchev–Trinajstić information content (AvgIpc) is 2.25. The third kappa shape index (κ3) is 3.95. The van der Waals surface area contributed by atoms with Crippen molar-refractivity contribution < 1.29 is 8.42 Å². The Morgan fingerprint density at radius 3 is 2.71 bits per heavy atom. The summed E-state index contributed by atoms with van der Waals surface area (Å²) in [6, 6.07) is 1.65. The molecule has 0 aliphatic carbocycles. The number of nitrogens with zero attached hydrogens (tertiary/aromatic N) is 2. The minimum absolute atomic E-state index is 0.155. The first-order chi connectivity index (χ1) is 7.97. The molecular formula is C10H18N4O2S. The molecule has 0 aromatic carbocycles. The molecule has 0 saturated heterocycles. The Morgan fingerprint density at radius 1 is 1.41 bits per heavy atom. The SMILES string of the molecule is CCCNc1ccncc1S(=O)(=O)NN(C)C. The number of hydrogen-bond donors (Lipinski definition) is 2. The van der Waals surface area contributed by atoms with Gasteiger partial charge in [-0.15, -0.1) is 4.83 Å². The van der Waals surface area contributed by atoms with E-state index in [0.29, 0.717) is 12.2 Å². The van der Waals surface area contributed by atoms with Crippen molar-refractivity contribution in [2.75, 3.05) is 26.0 Å². The van der Waals surface area contributed by atoms with Gasteiger partial charge in [0.1, 0.15) is 4.90 Å². The second-order valence-corrected chi connectivity index (χ2v) is 5.42. The van der Waals surface area contributed by atoms with Crippen molar-refractivity contribution >= 4 is 15.7 Å². The van der Waals surface area contributed by atoms with E-state index in [1.807, 2.05) is 6.92 Å². The van der Waals surface area contributed by atoms with Crippen LogP contribution in [0.15, 0.2) is 23.4 Å². The predicted molar refractivity (Wildman–Crippen MR) is 67.0 cm³/mol. The lowest BCUT2D eigenvalue weighted by Crippen LogP contribution is -2.36. The van der Waals surface area contributed by atoms with E-state index in [4.69, 9.17) is 0 Å². The quantitative estimate of drug-likeness (QED) is 0.733. The van der Waals surface area contributed by atoms with Crippen LogP contribution in [0.2, 0.25) is 0 Å². The van der Waals surface area contributed by atoms with Crippen LogP contribution in [0.5, 0.6) is 0 Å². The molecule has 0 bridgehead atoms. The maximum absolute atomic E-state index is 12.0. The van der Waals surface area contributed by atoms with Gasteiger partial charge >= 0.3 is 0 Å². The molecule has 1 aromatic heterocycles. The molecule has 17 heavy (non-hydrogen) atoms. The summed E-state index contributed by atoms with van der Waals surface area (Å²) in [5.41, 5.74) is 0.566. The van der Waals surface area contributed by atoms with E-state index >= 15 is 0 Å². The standard InChI is InChI=1S/C10H18N4O2S/c1-4-6-12-9-5-7-11-8-10(9)17(15,16)13-14(2)3/h5,7-8,13H,4,6H2,1-3H3,(H,11,12). The van der Waals surface area contributed by atoms with Gasteiger partial charge in [0, 0.05) is 33.0 Å². The van der Waals surface area contributed by atoms with E-state index in [2.05, 4.69) is 15.1 Å². The van der Waals surface area contributed by atoms with E-state index in [1.165, 1.54) is 11.2 Å². The fourth-order valence-electron chi connectivity index (χ4n) is 1.29. The fourth-order valence-corrected chi connectivity index (χ4v) is 2.50. The molecule has 1 rings (SSSR count). The van der Waals surface area contributed by atoms with Crippen molar-refractivity contribution in [3.63, 3.8) is 0 Å². The number of hydrogen-bond acceptors (Lipinski definition) is 5. The Hall–Kier alpha value is -1.18. The van der Waals surface area contributed by atoms with E-state index in [-0.39, 0.29) is 4.90 Å². The van der Waals surface area contributed by atoms with Crippen LogP contribution in [0.1, 0.15) is 13.3 Å². The van der Waals surface area contributed by atoms with Crippen LogP contribution in [0.3, 0.4) is 0 Å². The molecule has 1 aromatic rings. The van der Waals surface area contributed by atoms with Crippen molar-refractivity contribution in [1.29, 1.82) is 0 Å². The molecule has 2 N–H and O–H groups in total. The first-order valence-corrected chi connectivity index (χ1v) is 6.83. The maximum atomic E-state index is 12.0. The summed E-state index contributed by atoms with van der Waals surface area (Å²) in [5, 5.41) is 4.45. The van der Waals surface area contributed by atoms with Gasteiger partial charge in [-0.3, -0.25) is 4.98 Å². The third-order valence-electron chi connectivity index (χ3n) is 1.94. The number of aromatic nitrogens is 1. The van der Waals surface area contributed by atoms with Gasteiger partial charge in [0.25, 0.3) is 10.0 Å². The highest BCUT2D eigenvalue weighted by Crippen LogP contribution is 2.19. The van der Waals surface area contributed by atoms with Crippen molar-refractivity contribution in [1.82, 2.24) is 14.8 Å². The summed E-state index contributed by atoms with van der Waals surface area (Å²) in [6.45, 7) is 2.73. The zero-order valence-electron chi connectivity index (χ0n) is 10.3. The zero-order valence-corrected chi connectivity index (χ0v) is 11.1. The lowest BCUT2D eigenvalue weighted by atomic mass is 10.4. The first-order valence-electron chi connectivity index (χ1n) is 5.35. The molecule has 1 heterocycles. The smallest absolute Gasteiger partial charge is 0.257 e. The largest absolute Gasteiger partial charge is 0.384 e. The monoisotopic (exact) mass is 258 g/mol. The van der Waals surface area contributed by atoms with Gasteiger partial charge in [-0.2, -0.15) is 0 Å². The van der Waals surface area contributed by atoms with Crippen molar-refractivity contribution in [2.24, 2.45) is 0 Å². The van der Waals surface area contributed by atoms with E-state index in [9.17, 15) is 8.42 Å². The Morgan fingerprint density at radius 2 is 2.12 bits per heavy atom. The summed E-state index contributed by atoms with van der Waals surface area (Å²) in [4.78, 5) is 6.38. The number of pyridine rings is 1. The van der Waals surface area contributed by atoms with E-state index in [0.717, 1.165) is 6.42 Å². The van der Waals surface area contributed by atoms with Gasteiger partial charge in [0.2, 0.25) is 0 Å². The van der Waals surface area contributed by atoms with E-state index in [1.54, 1.807) is 26.4 Å². The van der Waals surface area contributed by atoms with Gasteiger partial charge < -0.3 is 5.32 Å². The fraction of sp³-hybridized carbons (Fsp3) is 0.500. The highest BCUT2D eigenvalue weighted by Gasteiger charge is 2.19. The van der Waals surface area contributed by atoms with Gasteiger partial charge in [-0.05, 0) is 12.5 Å². The van der Waals surface area contributed by atoms with Crippen LogP contribution in [-0.2, 0) is 10.0 Å². The summed E-state index contributed by atoms with van der Waals surface area (Å²) in [5.74, 6) is 0.